The largest absolute Gasteiger partial charge is 0.419 e. The fraction of sp³-hybridized carbons (Fsp3) is 0.286. The van der Waals surface area contributed by atoms with Gasteiger partial charge in [-0.1, -0.05) is 0 Å². The van der Waals surface area contributed by atoms with Gasteiger partial charge >= 0.3 is 6.18 Å². The van der Waals surface area contributed by atoms with Crippen LogP contribution < -0.4 is 0 Å². The summed E-state index contributed by atoms with van der Waals surface area (Å²) in [5.41, 5.74) is -3.36. The summed E-state index contributed by atoms with van der Waals surface area (Å²) in [6, 6.07) is 0. The van der Waals surface area contributed by atoms with Gasteiger partial charge in [0.2, 0.25) is 0 Å². The van der Waals surface area contributed by atoms with E-state index < -0.39 is 33.2 Å². The van der Waals surface area contributed by atoms with Crippen LogP contribution in [0, 0.1) is 9.52 Å². The molecule has 1 heterocycles. The monoisotopic (exact) mass is 341 g/mol. The molecule has 0 aliphatic heterocycles. The highest BCUT2D eigenvalue weighted by Crippen LogP contribution is 2.39. The van der Waals surface area contributed by atoms with Crippen LogP contribution >= 0.6 is 22.6 Å². The number of hydrogen-bond acceptors (Lipinski definition) is 1. The molecule has 84 valence electrons. The van der Waals surface area contributed by atoms with Crippen LogP contribution in [0.4, 0.5) is 26.3 Å². The summed E-state index contributed by atoms with van der Waals surface area (Å²) in [6.07, 6.45) is -8.30. The van der Waals surface area contributed by atoms with E-state index in [1.807, 2.05) is 0 Å². The van der Waals surface area contributed by atoms with Crippen LogP contribution in [-0.4, -0.2) is 4.98 Å². The van der Waals surface area contributed by atoms with Crippen LogP contribution in [-0.2, 0) is 6.18 Å². The highest BCUT2D eigenvalue weighted by atomic mass is 127. The van der Waals surface area contributed by atoms with Crippen molar-refractivity contribution in [1.29, 1.82) is 0 Å². The number of halogens is 7. The second kappa shape index (κ2) is 4.14. The first kappa shape index (κ1) is 12.5. The van der Waals surface area contributed by atoms with Gasteiger partial charge in [-0.2, -0.15) is 13.2 Å². The van der Waals surface area contributed by atoms with E-state index in [1.165, 1.54) is 22.6 Å². The minimum absolute atomic E-state index is 0.274. The molecule has 8 heteroatoms. The lowest BCUT2D eigenvalue weighted by atomic mass is 10.1. The lowest BCUT2D eigenvalue weighted by molar-refractivity contribution is -0.142. The topological polar surface area (TPSA) is 12.9 Å². The smallest absolute Gasteiger partial charge is 0.247 e. The zero-order valence-electron chi connectivity index (χ0n) is 6.75. The molecule has 1 rings (SSSR count). The van der Waals surface area contributed by atoms with Crippen LogP contribution in [0.3, 0.4) is 0 Å². The summed E-state index contributed by atoms with van der Waals surface area (Å²) < 4.78 is 73.5. The Bertz CT molecular complexity index is 374. The zero-order chi connectivity index (χ0) is 11.8. The van der Waals surface area contributed by atoms with E-state index in [0.717, 1.165) is 0 Å². The van der Waals surface area contributed by atoms with E-state index in [2.05, 4.69) is 4.98 Å². The van der Waals surface area contributed by atoms with Crippen molar-refractivity contribution in [3.05, 3.63) is 26.8 Å². The molecule has 0 spiro atoms. The number of aromatic nitrogens is 1. The van der Waals surface area contributed by atoms with Gasteiger partial charge in [0, 0.05) is 0 Å². The quantitative estimate of drug-likeness (QED) is 0.430. The number of pyridine rings is 1. The van der Waals surface area contributed by atoms with Crippen molar-refractivity contribution in [1.82, 2.24) is 4.98 Å². The zero-order valence-corrected chi connectivity index (χ0v) is 8.91. The molecular weight excluding hydrogens is 339 g/mol. The summed E-state index contributed by atoms with van der Waals surface area (Å²) in [7, 11) is 0. The Hall–Kier alpha value is -0.540. The lowest BCUT2D eigenvalue weighted by Crippen LogP contribution is -2.15. The van der Waals surface area contributed by atoms with Gasteiger partial charge in [-0.05, 0) is 22.6 Å². The molecule has 0 aliphatic carbocycles. The molecule has 15 heavy (non-hydrogen) atoms. The summed E-state index contributed by atoms with van der Waals surface area (Å²) in [5.74, 6) is -1.79. The van der Waals surface area contributed by atoms with E-state index >= 15 is 0 Å². The summed E-state index contributed by atoms with van der Waals surface area (Å²) >= 11 is 1.20. The molecule has 0 aromatic carbocycles. The maximum absolute atomic E-state index is 12.8. The Balaban J connectivity index is 3.53. The SMILES string of the molecule is Fc1cnc(I)c(C(F)F)c1C(F)(F)F. The van der Waals surface area contributed by atoms with Gasteiger partial charge in [0.15, 0.2) is 5.82 Å². The average molecular weight is 341 g/mol. The van der Waals surface area contributed by atoms with Crippen molar-refractivity contribution >= 4 is 22.6 Å². The Morgan fingerprint density at radius 1 is 1.27 bits per heavy atom. The van der Waals surface area contributed by atoms with Gasteiger partial charge in [-0.15, -0.1) is 0 Å². The molecule has 0 N–H and O–H groups in total. The van der Waals surface area contributed by atoms with Crippen LogP contribution in [0.15, 0.2) is 6.20 Å². The molecule has 0 atom stereocenters. The maximum atomic E-state index is 12.8. The highest BCUT2D eigenvalue weighted by Gasteiger charge is 2.40. The molecule has 1 aromatic heterocycles. The van der Waals surface area contributed by atoms with Crippen molar-refractivity contribution in [3.63, 3.8) is 0 Å². The van der Waals surface area contributed by atoms with Gasteiger partial charge < -0.3 is 0 Å². The number of hydrogen-bond donors (Lipinski definition) is 0. The third-order valence-electron chi connectivity index (χ3n) is 1.52. The number of rotatable bonds is 1. The fourth-order valence-electron chi connectivity index (χ4n) is 0.966. The van der Waals surface area contributed by atoms with Crippen molar-refractivity contribution in [2.24, 2.45) is 0 Å². The second-order valence-corrected chi connectivity index (χ2v) is 3.51. The van der Waals surface area contributed by atoms with Gasteiger partial charge in [0.25, 0.3) is 6.43 Å². The standard InChI is InChI=1S/C7H2F6IN/c8-2-1-15-6(14)3(5(9)10)4(2)7(11,12)13/h1,5H. The first-order valence-electron chi connectivity index (χ1n) is 3.44. The van der Waals surface area contributed by atoms with Crippen LogP contribution in [0.1, 0.15) is 17.6 Å². The minimum Gasteiger partial charge on any atom is -0.247 e. The Kier molecular flexibility index (Phi) is 3.46. The molecule has 0 fully saturated rings. The van der Waals surface area contributed by atoms with Crippen molar-refractivity contribution in [3.8, 4) is 0 Å². The van der Waals surface area contributed by atoms with Gasteiger partial charge in [0.1, 0.15) is 9.26 Å². The van der Waals surface area contributed by atoms with Gasteiger partial charge in [-0.3, -0.25) is 0 Å². The van der Waals surface area contributed by atoms with E-state index in [-0.39, 0.29) is 6.20 Å². The van der Waals surface area contributed by atoms with Gasteiger partial charge in [0.05, 0.1) is 11.8 Å². The third kappa shape index (κ3) is 2.52. The molecule has 1 nitrogen and oxygen atoms in total. The fourth-order valence-corrected chi connectivity index (χ4v) is 1.61. The Labute approximate surface area is 93.6 Å². The minimum atomic E-state index is -5.15. The van der Waals surface area contributed by atoms with Crippen molar-refractivity contribution in [2.45, 2.75) is 12.6 Å². The molecule has 0 saturated carbocycles. The van der Waals surface area contributed by atoms with E-state index in [0.29, 0.717) is 0 Å². The second-order valence-electron chi connectivity index (χ2n) is 2.48. The predicted molar refractivity (Wildman–Crippen MR) is 46.9 cm³/mol. The summed E-state index contributed by atoms with van der Waals surface area (Å²) in [4.78, 5) is 3.11. The Morgan fingerprint density at radius 2 is 1.80 bits per heavy atom. The van der Waals surface area contributed by atoms with E-state index in [1.54, 1.807) is 0 Å². The molecule has 0 unspecified atom stereocenters. The number of nitrogens with zero attached hydrogens (tertiary/aromatic N) is 1. The van der Waals surface area contributed by atoms with Crippen LogP contribution in [0.2, 0.25) is 0 Å². The maximum Gasteiger partial charge on any atom is 0.419 e. The normalized spacial score (nSPS) is 12.3. The molecule has 0 saturated heterocycles. The summed E-state index contributed by atoms with van der Waals surface area (Å²) in [5, 5.41) is 0. The van der Waals surface area contributed by atoms with Gasteiger partial charge in [-0.25, -0.2) is 18.2 Å². The lowest BCUT2D eigenvalue weighted by Gasteiger charge is -2.13. The molecule has 0 aliphatic rings. The molecule has 0 bridgehead atoms. The van der Waals surface area contributed by atoms with E-state index in [9.17, 15) is 26.3 Å². The van der Waals surface area contributed by atoms with Crippen LogP contribution in [0.5, 0.6) is 0 Å². The molecule has 1 aromatic rings. The molecule has 0 amide bonds. The molecule has 0 radical (unpaired) electrons. The third-order valence-corrected chi connectivity index (χ3v) is 2.38. The average Bonchev–Trinajstić information content (AvgIpc) is 2.05. The van der Waals surface area contributed by atoms with Crippen molar-refractivity contribution in [2.75, 3.05) is 0 Å². The Morgan fingerprint density at radius 3 is 2.13 bits per heavy atom. The molecular formula is C7H2F6IN. The first-order chi connectivity index (χ1) is 6.75. The predicted octanol–water partition coefficient (Wildman–Crippen LogP) is 3.78. The number of alkyl halides is 5. The van der Waals surface area contributed by atoms with Crippen LogP contribution in [0.25, 0.3) is 0 Å². The van der Waals surface area contributed by atoms with Crippen molar-refractivity contribution < 1.29 is 26.3 Å². The highest BCUT2D eigenvalue weighted by molar-refractivity contribution is 14.1. The van der Waals surface area contributed by atoms with E-state index in [4.69, 9.17) is 0 Å². The summed E-state index contributed by atoms with van der Waals surface area (Å²) in [6.45, 7) is 0. The first-order valence-corrected chi connectivity index (χ1v) is 4.52.